The van der Waals surface area contributed by atoms with Gasteiger partial charge in [-0.3, -0.25) is 9.59 Å². The predicted molar refractivity (Wildman–Crippen MR) is 147 cm³/mol. The molecule has 5 rings (SSSR count). The lowest BCUT2D eigenvalue weighted by molar-refractivity contribution is 0.0714. The molecule has 1 amide bonds. The number of rotatable bonds is 8. The first kappa shape index (κ1) is 25.4. The minimum atomic E-state index is -0.668. The highest BCUT2D eigenvalue weighted by Crippen LogP contribution is 2.41. The van der Waals surface area contributed by atoms with E-state index in [1.807, 2.05) is 49.4 Å². The van der Waals surface area contributed by atoms with E-state index in [1.165, 1.54) is 0 Å². The molecule has 5 nitrogen and oxygen atoms in total. The molecule has 4 aromatic rings. The minimum Gasteiger partial charge on any atom is -0.494 e. The molecule has 0 aliphatic carbocycles. The van der Waals surface area contributed by atoms with E-state index in [-0.39, 0.29) is 23.6 Å². The molecule has 1 aromatic heterocycles. The number of carbonyl (C=O) groups is 1. The number of halogens is 2. The number of hydrogen-bond donors (Lipinski definition) is 0. The van der Waals surface area contributed by atoms with Gasteiger partial charge in [-0.15, -0.1) is 0 Å². The maximum absolute atomic E-state index is 13.9. The summed E-state index contributed by atoms with van der Waals surface area (Å²) in [6, 6.07) is 17.6. The van der Waals surface area contributed by atoms with Crippen molar-refractivity contribution in [1.29, 1.82) is 0 Å². The molecule has 0 saturated heterocycles. The number of unbranched alkanes of at least 4 members (excludes halogenated alkanes) is 2. The zero-order chi connectivity index (χ0) is 26.1. The van der Waals surface area contributed by atoms with Gasteiger partial charge in [-0.05, 0) is 60.4 Å². The van der Waals surface area contributed by atoms with Crippen molar-refractivity contribution in [2.24, 2.45) is 0 Å². The van der Waals surface area contributed by atoms with Crippen LogP contribution in [-0.4, -0.2) is 17.4 Å². The normalized spacial score (nSPS) is 14.9. The quantitative estimate of drug-likeness (QED) is 0.216. The molecule has 0 spiro atoms. The van der Waals surface area contributed by atoms with Crippen molar-refractivity contribution < 1.29 is 13.9 Å². The van der Waals surface area contributed by atoms with Gasteiger partial charge in [-0.1, -0.05) is 73.3 Å². The average molecular weight is 536 g/mol. The van der Waals surface area contributed by atoms with Crippen LogP contribution in [0.1, 0.15) is 65.0 Å². The van der Waals surface area contributed by atoms with E-state index in [2.05, 4.69) is 6.92 Å². The van der Waals surface area contributed by atoms with Gasteiger partial charge in [0.2, 0.25) is 5.76 Å². The number of fused-ring (bicyclic) bond motifs is 2. The maximum Gasteiger partial charge on any atom is 0.291 e. The van der Waals surface area contributed by atoms with Crippen LogP contribution in [0.3, 0.4) is 0 Å². The fourth-order valence-corrected chi connectivity index (χ4v) is 5.14. The Morgan fingerprint density at radius 2 is 1.78 bits per heavy atom. The average Bonchev–Trinajstić information content (AvgIpc) is 3.16. The van der Waals surface area contributed by atoms with Crippen LogP contribution >= 0.6 is 23.2 Å². The van der Waals surface area contributed by atoms with Crippen LogP contribution in [0.15, 0.2) is 69.9 Å². The van der Waals surface area contributed by atoms with E-state index in [0.29, 0.717) is 38.9 Å². The Labute approximate surface area is 225 Å². The van der Waals surface area contributed by atoms with Crippen molar-refractivity contribution in [3.05, 3.63) is 109 Å². The van der Waals surface area contributed by atoms with Gasteiger partial charge >= 0.3 is 0 Å². The molecule has 1 aliphatic rings. The first-order valence-corrected chi connectivity index (χ1v) is 13.2. The largest absolute Gasteiger partial charge is 0.494 e. The van der Waals surface area contributed by atoms with Gasteiger partial charge in [0, 0.05) is 16.6 Å². The van der Waals surface area contributed by atoms with E-state index >= 15 is 0 Å². The number of carbonyl (C=O) groups excluding carboxylic acids is 1. The van der Waals surface area contributed by atoms with Crippen LogP contribution in [0.5, 0.6) is 5.75 Å². The van der Waals surface area contributed by atoms with Crippen molar-refractivity contribution in [3.63, 3.8) is 0 Å². The first-order valence-electron chi connectivity index (χ1n) is 12.4. The molecule has 37 heavy (non-hydrogen) atoms. The molecular weight excluding hydrogens is 509 g/mol. The molecule has 3 aromatic carbocycles. The molecule has 7 heteroatoms. The summed E-state index contributed by atoms with van der Waals surface area (Å²) in [7, 11) is 0. The molecule has 1 aliphatic heterocycles. The van der Waals surface area contributed by atoms with Crippen LogP contribution in [-0.2, 0) is 6.54 Å². The Morgan fingerprint density at radius 3 is 2.57 bits per heavy atom. The number of amides is 1. The van der Waals surface area contributed by atoms with Crippen molar-refractivity contribution in [1.82, 2.24) is 4.90 Å². The number of benzene rings is 3. The van der Waals surface area contributed by atoms with E-state index in [4.69, 9.17) is 32.4 Å². The second kappa shape index (κ2) is 10.6. The van der Waals surface area contributed by atoms with Crippen LogP contribution in [0.2, 0.25) is 10.0 Å². The first-order chi connectivity index (χ1) is 17.9. The van der Waals surface area contributed by atoms with Crippen LogP contribution in [0.25, 0.3) is 11.0 Å². The third kappa shape index (κ3) is 4.86. The van der Waals surface area contributed by atoms with E-state index in [1.54, 1.807) is 23.1 Å². The van der Waals surface area contributed by atoms with Gasteiger partial charge in [-0.25, -0.2) is 0 Å². The zero-order valence-electron chi connectivity index (χ0n) is 20.7. The lowest BCUT2D eigenvalue weighted by Crippen LogP contribution is -2.29. The van der Waals surface area contributed by atoms with Crippen molar-refractivity contribution in [2.75, 3.05) is 6.61 Å². The number of hydrogen-bond acceptors (Lipinski definition) is 4. The summed E-state index contributed by atoms with van der Waals surface area (Å²) in [5, 5.41) is 1.36. The van der Waals surface area contributed by atoms with E-state index < -0.39 is 6.04 Å². The standard InChI is InChI=1S/C30H27Cl2NO4/c1-3-4-7-13-36-21-11-8-10-19(15-21)27-26-28(34)22-16-24(32)18(2)14-25(22)37-29(26)30(35)33(27)17-20-9-5-6-12-23(20)31/h5-6,8-12,14-16,27H,3-4,7,13,17H2,1-2H3. The van der Waals surface area contributed by atoms with Crippen LogP contribution in [0.4, 0.5) is 0 Å². The SMILES string of the molecule is CCCCCOc1cccc(C2c3c(oc4cc(C)c(Cl)cc4c3=O)C(=O)N2Cc2ccccc2Cl)c1. The topological polar surface area (TPSA) is 59.8 Å². The summed E-state index contributed by atoms with van der Waals surface area (Å²) in [6.07, 6.45) is 3.15. The predicted octanol–water partition coefficient (Wildman–Crippen LogP) is 7.72. The Morgan fingerprint density at radius 1 is 0.973 bits per heavy atom. The molecule has 0 saturated carbocycles. The lowest BCUT2D eigenvalue weighted by atomic mass is 9.97. The zero-order valence-corrected chi connectivity index (χ0v) is 22.2. The Balaban J connectivity index is 1.64. The molecule has 0 N–H and O–H groups in total. The summed E-state index contributed by atoms with van der Waals surface area (Å²) in [5.41, 5.74) is 2.67. The third-order valence-corrected chi connectivity index (χ3v) is 7.51. The molecule has 2 heterocycles. The highest BCUT2D eigenvalue weighted by molar-refractivity contribution is 6.32. The summed E-state index contributed by atoms with van der Waals surface area (Å²) >= 11 is 12.8. The van der Waals surface area contributed by atoms with Crippen LogP contribution in [0, 0.1) is 6.92 Å². The molecule has 0 radical (unpaired) electrons. The number of nitrogens with zero attached hydrogens (tertiary/aromatic N) is 1. The number of ether oxygens (including phenoxy) is 1. The van der Waals surface area contributed by atoms with Gasteiger partial charge < -0.3 is 14.1 Å². The van der Waals surface area contributed by atoms with E-state index in [0.717, 1.165) is 36.0 Å². The molecular formula is C30H27Cl2NO4. The molecule has 1 atom stereocenters. The highest BCUT2D eigenvalue weighted by Gasteiger charge is 2.43. The third-order valence-electron chi connectivity index (χ3n) is 6.74. The van der Waals surface area contributed by atoms with Gasteiger partial charge in [0.05, 0.1) is 23.6 Å². The van der Waals surface area contributed by atoms with Gasteiger partial charge in [0.1, 0.15) is 11.3 Å². The maximum atomic E-state index is 13.9. The molecule has 190 valence electrons. The second-order valence-electron chi connectivity index (χ2n) is 9.33. The van der Waals surface area contributed by atoms with Crippen LogP contribution < -0.4 is 10.2 Å². The van der Waals surface area contributed by atoms with Crippen molar-refractivity contribution >= 4 is 40.1 Å². The Kier molecular flexibility index (Phi) is 7.27. The fourth-order valence-electron chi connectivity index (χ4n) is 4.78. The lowest BCUT2D eigenvalue weighted by Gasteiger charge is -2.26. The molecule has 0 fully saturated rings. The van der Waals surface area contributed by atoms with Gasteiger partial charge in [0.25, 0.3) is 5.91 Å². The monoisotopic (exact) mass is 535 g/mol. The second-order valence-corrected chi connectivity index (χ2v) is 10.1. The number of aryl methyl sites for hydroxylation is 1. The Bertz CT molecular complexity index is 1540. The van der Waals surface area contributed by atoms with E-state index in [9.17, 15) is 9.59 Å². The minimum absolute atomic E-state index is 0.0468. The smallest absolute Gasteiger partial charge is 0.291 e. The molecule has 1 unspecified atom stereocenters. The van der Waals surface area contributed by atoms with Crippen molar-refractivity contribution in [3.8, 4) is 5.75 Å². The fraction of sp³-hybridized carbons (Fsp3) is 0.267. The summed E-state index contributed by atoms with van der Waals surface area (Å²) in [5.74, 6) is 0.377. The summed E-state index contributed by atoms with van der Waals surface area (Å²) < 4.78 is 12.1. The highest BCUT2D eigenvalue weighted by atomic mass is 35.5. The van der Waals surface area contributed by atoms with Crippen molar-refractivity contribution in [2.45, 2.75) is 45.7 Å². The van der Waals surface area contributed by atoms with Gasteiger partial charge in [0.15, 0.2) is 5.43 Å². The summed E-state index contributed by atoms with van der Waals surface area (Å²) in [4.78, 5) is 29.3. The summed E-state index contributed by atoms with van der Waals surface area (Å²) in [6.45, 7) is 4.79. The molecule has 0 bridgehead atoms. The van der Waals surface area contributed by atoms with Gasteiger partial charge in [-0.2, -0.15) is 0 Å². The Hall–Kier alpha value is -3.28.